The lowest BCUT2D eigenvalue weighted by molar-refractivity contribution is -0.161. The maximum absolute atomic E-state index is 13.1. The Morgan fingerprint density at radius 2 is 0.481 bits per heavy atom. The van der Waals surface area contributed by atoms with Crippen molar-refractivity contribution in [3.8, 4) is 0 Å². The van der Waals surface area contributed by atoms with E-state index in [0.717, 1.165) is 225 Å². The van der Waals surface area contributed by atoms with Gasteiger partial charge in [-0.15, -0.1) is 0 Å². The van der Waals surface area contributed by atoms with Crippen LogP contribution in [0, 0.1) is 0 Å². The number of phosphoric ester groups is 2. The lowest BCUT2D eigenvalue weighted by Gasteiger charge is -2.21. The van der Waals surface area contributed by atoms with Gasteiger partial charge in [-0.1, -0.05) is 288 Å². The minimum atomic E-state index is -5.00. The minimum Gasteiger partial charge on any atom is -0.462 e. The molecule has 0 bridgehead atoms. The molecule has 0 aromatic heterocycles. The topological polar surface area (TPSA) is 237 Å². The highest BCUT2D eigenvalue weighted by Gasteiger charge is 2.30. The summed E-state index contributed by atoms with van der Waals surface area (Å²) in [6, 6.07) is 0. The van der Waals surface area contributed by atoms with Crippen LogP contribution >= 0.6 is 15.6 Å². The maximum Gasteiger partial charge on any atom is 0.472 e. The average molecular weight is 1550 g/mol. The third kappa shape index (κ3) is 78.8. The van der Waals surface area contributed by atoms with Crippen LogP contribution in [-0.4, -0.2) is 96.7 Å². The van der Waals surface area contributed by atoms with Crippen LogP contribution in [0.5, 0.6) is 0 Å². The summed E-state index contributed by atoms with van der Waals surface area (Å²) >= 11 is 0. The van der Waals surface area contributed by atoms with Crippen LogP contribution in [0.3, 0.4) is 0 Å². The number of aliphatic hydroxyl groups excluding tert-OH is 1. The number of ether oxygens (including phenoxy) is 4. The predicted octanol–water partition coefficient (Wildman–Crippen LogP) is 24.8. The number of hydrogen-bond donors (Lipinski definition) is 3. The third-order valence-electron chi connectivity index (χ3n) is 17.0. The molecule has 0 saturated carbocycles. The van der Waals surface area contributed by atoms with Crippen LogP contribution in [0.4, 0.5) is 0 Å². The summed E-state index contributed by atoms with van der Waals surface area (Å²) in [5, 5.41) is 10.7. The summed E-state index contributed by atoms with van der Waals surface area (Å²) in [7, 11) is -9.99. The molecule has 0 rings (SSSR count). The molecule has 0 aliphatic rings. The number of carbonyl (C=O) groups is 4. The monoisotopic (exact) mass is 1550 g/mol. The van der Waals surface area contributed by atoms with Gasteiger partial charge in [0.15, 0.2) is 12.2 Å². The Morgan fingerprint density at radius 1 is 0.269 bits per heavy atom. The van der Waals surface area contributed by atoms with E-state index in [0.29, 0.717) is 25.7 Å². The largest absolute Gasteiger partial charge is 0.472 e. The summed E-state index contributed by atoms with van der Waals surface area (Å²) in [6.07, 6.45) is 93.4. The van der Waals surface area contributed by atoms with Crippen molar-refractivity contribution < 1.29 is 80.2 Å². The molecule has 0 fully saturated rings. The molecule has 5 unspecified atom stereocenters. The average Bonchev–Trinajstić information content (AvgIpc) is 0.906. The van der Waals surface area contributed by atoms with Crippen LogP contribution < -0.4 is 0 Å². The Kier molecular flexibility index (Phi) is 75.8. The minimum absolute atomic E-state index is 0.0583. The normalized spacial score (nSPS) is 14.6. The van der Waals surface area contributed by atoms with Gasteiger partial charge in [0, 0.05) is 25.7 Å². The zero-order chi connectivity index (χ0) is 78.9. The molecule has 0 saturated heterocycles. The van der Waals surface area contributed by atoms with Gasteiger partial charge in [0.2, 0.25) is 0 Å². The molecule has 0 aliphatic carbocycles. The molecule has 0 aliphatic heterocycles. The van der Waals surface area contributed by atoms with Crippen molar-refractivity contribution in [2.45, 2.75) is 341 Å². The van der Waals surface area contributed by atoms with Crippen LogP contribution in [0.25, 0.3) is 0 Å². The lowest BCUT2D eigenvalue weighted by Crippen LogP contribution is -2.30. The zero-order valence-electron chi connectivity index (χ0n) is 67.5. The number of hydrogen-bond acceptors (Lipinski definition) is 15. The van der Waals surface area contributed by atoms with Gasteiger partial charge in [-0.3, -0.25) is 37.3 Å². The Hall–Kier alpha value is -5.32. The summed E-state index contributed by atoms with van der Waals surface area (Å²) < 4.78 is 68.7. The van der Waals surface area contributed by atoms with Gasteiger partial charge in [-0.2, -0.15) is 0 Å². The molecule has 19 heteroatoms. The Morgan fingerprint density at radius 3 is 0.741 bits per heavy atom. The van der Waals surface area contributed by atoms with Gasteiger partial charge in [-0.05, 0) is 167 Å². The number of unbranched alkanes of at least 4 members (excludes halogenated alkanes) is 25. The fourth-order valence-corrected chi connectivity index (χ4v) is 12.3. The van der Waals surface area contributed by atoms with E-state index >= 15 is 0 Å². The fraction of sp³-hybridized carbons (Fsp3) is 0.663. The smallest absolute Gasteiger partial charge is 0.462 e. The molecular formula is C89H148O17P2. The van der Waals surface area contributed by atoms with E-state index in [4.69, 9.17) is 37.0 Å². The number of carbonyl (C=O) groups excluding carboxylic acids is 4. The van der Waals surface area contributed by atoms with E-state index in [1.54, 1.807) is 0 Å². The van der Waals surface area contributed by atoms with Crippen molar-refractivity contribution in [3.05, 3.63) is 158 Å². The third-order valence-corrected chi connectivity index (χ3v) is 18.9. The first-order valence-electron chi connectivity index (χ1n) is 41.7. The summed E-state index contributed by atoms with van der Waals surface area (Å²) in [5.41, 5.74) is 0. The van der Waals surface area contributed by atoms with Crippen molar-refractivity contribution in [1.29, 1.82) is 0 Å². The zero-order valence-corrected chi connectivity index (χ0v) is 69.3. The molecule has 17 nitrogen and oxygen atoms in total. The van der Waals surface area contributed by atoms with Crippen molar-refractivity contribution in [3.63, 3.8) is 0 Å². The molecule has 0 aromatic carbocycles. The van der Waals surface area contributed by atoms with Crippen molar-refractivity contribution in [2.75, 3.05) is 39.6 Å². The van der Waals surface area contributed by atoms with Crippen molar-refractivity contribution in [1.82, 2.24) is 0 Å². The van der Waals surface area contributed by atoms with Crippen molar-refractivity contribution >= 4 is 39.5 Å². The lowest BCUT2D eigenvalue weighted by atomic mass is 10.1. The van der Waals surface area contributed by atoms with Gasteiger partial charge in [0.1, 0.15) is 19.3 Å². The Labute approximate surface area is 655 Å². The highest BCUT2D eigenvalue weighted by molar-refractivity contribution is 7.47. The highest BCUT2D eigenvalue weighted by Crippen LogP contribution is 2.45. The van der Waals surface area contributed by atoms with Crippen LogP contribution in [0.1, 0.15) is 323 Å². The molecule has 3 N–H and O–H groups in total. The number of phosphoric acid groups is 2. The Bertz CT molecular complexity index is 2660. The SMILES string of the molecule is CC/C=C\C/C=C\C/C=C\C/C=C\CCCCCCCCC(=O)OCC(COP(=O)(O)OCC(O)COP(=O)(O)OCC(COC(=O)CCCCCCCCC/C=C\C/C=C\C/C=C\CC)OC(=O)CCCCCCC/C=C\C/C=C\CCCCC)OC(=O)CCCCCC/C=C\C/C=C\C/C=C\C/C=C\CC. The van der Waals surface area contributed by atoms with Crippen LogP contribution in [0.15, 0.2) is 158 Å². The quantitative estimate of drug-likeness (QED) is 0.0169. The van der Waals surface area contributed by atoms with Gasteiger partial charge < -0.3 is 33.8 Å². The number of aliphatic hydroxyl groups is 1. The van der Waals surface area contributed by atoms with Gasteiger partial charge in [0.25, 0.3) is 0 Å². The molecular weight excluding hydrogens is 1400 g/mol. The van der Waals surface area contributed by atoms with E-state index < -0.39 is 97.5 Å². The summed E-state index contributed by atoms with van der Waals surface area (Å²) in [5.74, 6) is -2.24. The second-order valence-corrected chi connectivity index (χ2v) is 30.2. The second kappa shape index (κ2) is 79.8. The number of rotatable bonds is 77. The van der Waals surface area contributed by atoms with Crippen LogP contribution in [-0.2, 0) is 65.4 Å². The molecule has 0 amide bonds. The standard InChI is InChI=1S/C89H148O17P2/c1-5-9-13-17-21-25-29-33-37-40-41-44-47-50-54-58-62-66-70-74-87(92)100-80-85(106-89(94)76-72-68-64-60-56-52-48-43-39-35-31-27-23-19-15-11-7-3)82-104-108(97,98)102-78-83(90)77-101-107(95,96)103-81-84(105-88(93)75-71-67-63-59-55-51-45-36-32-28-24-20-16-12-8-4)79-99-86(91)73-69-65-61-57-53-49-46-42-38-34-30-26-22-18-14-10-6-2/h9-11,13-15,21-28,33-39,41,44-45,48,52,83-85,90H,5-8,12,16-20,29-32,40,42-43,46-47,49-51,53-82H2,1-4H3,(H,95,96)(H,97,98)/b13-9-,14-10-,15-11-,25-21-,26-22-,27-23-,28-24-,37-33-,38-34-,39-35-,44-41-,45-36-,52-48-. The first kappa shape index (κ1) is 103. The summed E-state index contributed by atoms with van der Waals surface area (Å²) in [6.45, 7) is 4.46. The van der Waals surface area contributed by atoms with Crippen molar-refractivity contribution in [2.24, 2.45) is 0 Å². The maximum atomic E-state index is 13.1. The van der Waals surface area contributed by atoms with E-state index in [-0.39, 0.29) is 25.7 Å². The summed E-state index contributed by atoms with van der Waals surface area (Å²) in [4.78, 5) is 73.2. The molecule has 616 valence electrons. The van der Waals surface area contributed by atoms with Gasteiger partial charge >= 0.3 is 39.5 Å². The van der Waals surface area contributed by atoms with E-state index in [2.05, 4.69) is 186 Å². The van der Waals surface area contributed by atoms with Gasteiger partial charge in [-0.25, -0.2) is 9.13 Å². The first-order chi connectivity index (χ1) is 52.7. The first-order valence-corrected chi connectivity index (χ1v) is 44.7. The van der Waals surface area contributed by atoms with Crippen LogP contribution in [0.2, 0.25) is 0 Å². The molecule has 5 atom stereocenters. The number of allylic oxidation sites excluding steroid dienone is 26. The fourth-order valence-electron chi connectivity index (χ4n) is 10.7. The molecule has 0 heterocycles. The van der Waals surface area contributed by atoms with Gasteiger partial charge in [0.05, 0.1) is 26.4 Å². The molecule has 108 heavy (non-hydrogen) atoms. The predicted molar refractivity (Wildman–Crippen MR) is 445 cm³/mol. The number of esters is 4. The Balaban J connectivity index is 5.43. The highest BCUT2D eigenvalue weighted by atomic mass is 31.2. The van der Waals surface area contributed by atoms with E-state index in [1.807, 2.05) is 0 Å². The second-order valence-electron chi connectivity index (χ2n) is 27.3. The molecule has 0 spiro atoms. The van der Waals surface area contributed by atoms with E-state index in [9.17, 15) is 43.2 Å². The molecule has 0 radical (unpaired) electrons. The molecule has 0 aromatic rings. The van der Waals surface area contributed by atoms with E-state index in [1.165, 1.54) is 19.3 Å².